The minimum atomic E-state index is 0.403. The SMILES string of the molecule is C=C(c1ccc(C)cc1C)C(C)C(C)c1cccc(CC=C(C)C)c1. The second kappa shape index (κ2) is 8.34. The molecule has 2 atom stereocenters. The van der Waals surface area contributed by atoms with E-state index in [1.54, 1.807) is 0 Å². The Morgan fingerprint density at radius 3 is 2.40 bits per heavy atom. The third kappa shape index (κ3) is 4.95. The average Bonchev–Trinajstić information content (AvgIpc) is 2.58. The van der Waals surface area contributed by atoms with E-state index in [2.05, 4.69) is 96.7 Å². The molecule has 0 heterocycles. The maximum atomic E-state index is 4.43. The first-order chi connectivity index (χ1) is 11.8. The highest BCUT2D eigenvalue weighted by Crippen LogP contribution is 2.35. The number of benzene rings is 2. The largest absolute Gasteiger partial charge is 0.0949 e. The van der Waals surface area contributed by atoms with Gasteiger partial charge in [0.2, 0.25) is 0 Å². The Morgan fingerprint density at radius 2 is 1.76 bits per heavy atom. The summed E-state index contributed by atoms with van der Waals surface area (Å²) < 4.78 is 0. The van der Waals surface area contributed by atoms with Gasteiger partial charge in [-0.05, 0) is 73.8 Å². The topological polar surface area (TPSA) is 0 Å². The Kier molecular flexibility index (Phi) is 6.42. The van der Waals surface area contributed by atoms with Crippen molar-refractivity contribution in [3.05, 3.63) is 88.5 Å². The second-order valence-corrected chi connectivity index (χ2v) is 7.65. The van der Waals surface area contributed by atoms with Crippen LogP contribution in [0.2, 0.25) is 0 Å². The van der Waals surface area contributed by atoms with Crippen LogP contribution >= 0.6 is 0 Å². The Bertz CT molecular complexity index is 772. The van der Waals surface area contributed by atoms with Crippen molar-refractivity contribution in [1.29, 1.82) is 0 Å². The van der Waals surface area contributed by atoms with E-state index >= 15 is 0 Å². The van der Waals surface area contributed by atoms with Gasteiger partial charge in [-0.2, -0.15) is 0 Å². The van der Waals surface area contributed by atoms with Crippen LogP contribution in [0.15, 0.2) is 60.7 Å². The van der Waals surface area contributed by atoms with Gasteiger partial charge in [0.15, 0.2) is 0 Å². The molecule has 0 bridgehead atoms. The standard InChI is InChI=1S/C25H32/c1-17(2)11-13-23-9-8-10-24(16-23)21(6)20(5)22(7)25-14-12-18(3)15-19(25)4/h8-12,14-16,20-21H,7,13H2,1-6H3. The third-order valence-corrected chi connectivity index (χ3v) is 5.25. The van der Waals surface area contributed by atoms with Gasteiger partial charge in [0.05, 0.1) is 0 Å². The predicted octanol–water partition coefficient (Wildman–Crippen LogP) is 7.27. The van der Waals surface area contributed by atoms with E-state index in [1.807, 2.05) is 0 Å². The molecular formula is C25H32. The van der Waals surface area contributed by atoms with Gasteiger partial charge in [-0.1, -0.05) is 80.1 Å². The predicted molar refractivity (Wildman–Crippen MR) is 112 cm³/mol. The van der Waals surface area contributed by atoms with Crippen molar-refractivity contribution in [2.24, 2.45) is 5.92 Å². The molecule has 0 heteroatoms. The summed E-state index contributed by atoms with van der Waals surface area (Å²) in [6.07, 6.45) is 3.30. The molecule has 0 aliphatic carbocycles. The fraction of sp³-hybridized carbons (Fsp3) is 0.360. The Labute approximate surface area is 154 Å². The highest BCUT2D eigenvalue weighted by Gasteiger charge is 2.19. The quantitative estimate of drug-likeness (QED) is 0.488. The molecule has 132 valence electrons. The maximum Gasteiger partial charge on any atom is -0.00949 e. The van der Waals surface area contributed by atoms with E-state index in [0.717, 1.165) is 6.42 Å². The Morgan fingerprint density at radius 1 is 1.04 bits per heavy atom. The van der Waals surface area contributed by atoms with Gasteiger partial charge < -0.3 is 0 Å². The highest BCUT2D eigenvalue weighted by atomic mass is 14.2. The molecule has 0 N–H and O–H groups in total. The van der Waals surface area contributed by atoms with Gasteiger partial charge in [0, 0.05) is 0 Å². The molecule has 0 saturated heterocycles. The molecule has 0 nitrogen and oxygen atoms in total. The summed E-state index contributed by atoms with van der Waals surface area (Å²) in [5.41, 5.74) is 9.32. The lowest BCUT2D eigenvalue weighted by molar-refractivity contribution is 0.607. The molecule has 25 heavy (non-hydrogen) atoms. The number of hydrogen-bond donors (Lipinski definition) is 0. The van der Waals surface area contributed by atoms with Crippen LogP contribution in [0.5, 0.6) is 0 Å². The van der Waals surface area contributed by atoms with E-state index in [0.29, 0.717) is 11.8 Å². The van der Waals surface area contributed by atoms with Crippen molar-refractivity contribution in [2.75, 3.05) is 0 Å². The zero-order chi connectivity index (χ0) is 18.6. The zero-order valence-electron chi connectivity index (χ0n) is 16.7. The van der Waals surface area contributed by atoms with Crippen LogP contribution < -0.4 is 0 Å². The summed E-state index contributed by atoms with van der Waals surface area (Å²) in [4.78, 5) is 0. The smallest absolute Gasteiger partial charge is 0.00949 e. The molecule has 0 saturated carbocycles. The fourth-order valence-electron chi connectivity index (χ4n) is 3.33. The van der Waals surface area contributed by atoms with Crippen LogP contribution in [0.3, 0.4) is 0 Å². The first kappa shape index (κ1) is 19.2. The first-order valence-corrected chi connectivity index (χ1v) is 9.28. The van der Waals surface area contributed by atoms with E-state index in [9.17, 15) is 0 Å². The second-order valence-electron chi connectivity index (χ2n) is 7.65. The minimum Gasteiger partial charge on any atom is -0.0949 e. The minimum absolute atomic E-state index is 0.403. The summed E-state index contributed by atoms with van der Waals surface area (Å²) in [6, 6.07) is 15.7. The van der Waals surface area contributed by atoms with E-state index in [4.69, 9.17) is 0 Å². The van der Waals surface area contributed by atoms with Crippen LogP contribution in [0.1, 0.15) is 61.4 Å². The molecule has 0 aliphatic rings. The van der Waals surface area contributed by atoms with Gasteiger partial charge in [-0.3, -0.25) is 0 Å². The first-order valence-electron chi connectivity index (χ1n) is 9.28. The van der Waals surface area contributed by atoms with E-state index in [-0.39, 0.29) is 0 Å². The lowest BCUT2D eigenvalue weighted by Crippen LogP contribution is -2.09. The lowest BCUT2D eigenvalue weighted by Gasteiger charge is -2.24. The van der Waals surface area contributed by atoms with Gasteiger partial charge in [-0.25, -0.2) is 0 Å². The van der Waals surface area contributed by atoms with Crippen LogP contribution in [0.25, 0.3) is 5.57 Å². The summed E-state index contributed by atoms with van der Waals surface area (Å²) in [5.74, 6) is 0.847. The molecule has 0 amide bonds. The van der Waals surface area contributed by atoms with Crippen LogP contribution in [0, 0.1) is 19.8 Å². The maximum absolute atomic E-state index is 4.43. The van der Waals surface area contributed by atoms with Gasteiger partial charge in [-0.15, -0.1) is 0 Å². The van der Waals surface area contributed by atoms with Crippen LogP contribution in [0.4, 0.5) is 0 Å². The monoisotopic (exact) mass is 332 g/mol. The average molecular weight is 333 g/mol. The summed E-state index contributed by atoms with van der Waals surface area (Å²) in [5, 5.41) is 0. The molecule has 2 aromatic rings. The van der Waals surface area contributed by atoms with Crippen LogP contribution in [-0.2, 0) is 6.42 Å². The molecule has 2 rings (SSSR count). The van der Waals surface area contributed by atoms with Crippen molar-refractivity contribution >= 4 is 5.57 Å². The van der Waals surface area contributed by atoms with Crippen molar-refractivity contribution < 1.29 is 0 Å². The molecular weight excluding hydrogens is 300 g/mol. The van der Waals surface area contributed by atoms with E-state index in [1.165, 1.54) is 39.0 Å². The van der Waals surface area contributed by atoms with Crippen molar-refractivity contribution in [3.8, 4) is 0 Å². The lowest BCUT2D eigenvalue weighted by atomic mass is 9.80. The molecule has 0 aromatic heterocycles. The summed E-state index contributed by atoms with van der Waals surface area (Å²) in [7, 11) is 0. The fourth-order valence-corrected chi connectivity index (χ4v) is 3.33. The third-order valence-electron chi connectivity index (χ3n) is 5.25. The molecule has 2 aromatic carbocycles. The molecule has 0 spiro atoms. The molecule has 0 aliphatic heterocycles. The normalized spacial score (nSPS) is 13.2. The highest BCUT2D eigenvalue weighted by molar-refractivity contribution is 5.69. The van der Waals surface area contributed by atoms with Crippen molar-refractivity contribution in [1.82, 2.24) is 0 Å². The molecule has 0 fully saturated rings. The van der Waals surface area contributed by atoms with Gasteiger partial charge in [0.1, 0.15) is 0 Å². The summed E-state index contributed by atoms with van der Waals surface area (Å²) in [6.45, 7) is 17.7. The Balaban J connectivity index is 2.21. The zero-order valence-corrected chi connectivity index (χ0v) is 16.7. The van der Waals surface area contributed by atoms with Crippen LogP contribution in [-0.4, -0.2) is 0 Å². The number of rotatable bonds is 6. The molecule has 2 unspecified atom stereocenters. The number of hydrogen-bond acceptors (Lipinski definition) is 0. The number of allylic oxidation sites excluding steroid dienone is 3. The van der Waals surface area contributed by atoms with Gasteiger partial charge >= 0.3 is 0 Å². The van der Waals surface area contributed by atoms with Crippen molar-refractivity contribution in [3.63, 3.8) is 0 Å². The summed E-state index contributed by atoms with van der Waals surface area (Å²) >= 11 is 0. The Hall–Kier alpha value is -2.08. The van der Waals surface area contributed by atoms with Gasteiger partial charge in [0.25, 0.3) is 0 Å². The van der Waals surface area contributed by atoms with Crippen molar-refractivity contribution in [2.45, 2.75) is 53.9 Å². The van der Waals surface area contributed by atoms with E-state index < -0.39 is 0 Å². The molecule has 0 radical (unpaired) electrons. The number of aryl methyl sites for hydroxylation is 2.